The summed E-state index contributed by atoms with van der Waals surface area (Å²) in [5.41, 5.74) is 12.5. The SMILES string of the molecule is C=C(NCc1ccc(C)cc1)C1=CC(/C(C)=C(\C)N=C(C)c2cccnc2)=NNC1=C. The second-order valence-electron chi connectivity index (χ2n) is 7.61. The smallest absolute Gasteiger partial charge is 0.0888 e. The monoisotopic (exact) mass is 411 g/mol. The van der Waals surface area contributed by atoms with E-state index in [2.05, 4.69) is 65.2 Å². The number of aliphatic imine (C=N–C) groups is 1. The van der Waals surface area contributed by atoms with Gasteiger partial charge in [0, 0.05) is 47.2 Å². The Balaban J connectivity index is 1.77. The van der Waals surface area contributed by atoms with Gasteiger partial charge in [0.2, 0.25) is 0 Å². The fourth-order valence-corrected chi connectivity index (χ4v) is 3.08. The van der Waals surface area contributed by atoms with Gasteiger partial charge in [-0.15, -0.1) is 0 Å². The number of benzene rings is 1. The summed E-state index contributed by atoms with van der Waals surface area (Å²) in [4.78, 5) is 8.91. The van der Waals surface area contributed by atoms with Gasteiger partial charge in [0.15, 0.2) is 0 Å². The van der Waals surface area contributed by atoms with Crippen LogP contribution in [0.3, 0.4) is 0 Å². The van der Waals surface area contributed by atoms with Crippen LogP contribution in [0.25, 0.3) is 0 Å². The highest BCUT2D eigenvalue weighted by Gasteiger charge is 2.16. The molecule has 3 rings (SSSR count). The summed E-state index contributed by atoms with van der Waals surface area (Å²) in [5.74, 6) is 0. The van der Waals surface area contributed by atoms with Crippen molar-refractivity contribution in [3.05, 3.63) is 113 Å². The van der Waals surface area contributed by atoms with Crippen molar-refractivity contribution in [2.45, 2.75) is 34.2 Å². The van der Waals surface area contributed by atoms with Crippen molar-refractivity contribution in [1.82, 2.24) is 15.7 Å². The van der Waals surface area contributed by atoms with Crippen LogP contribution in [-0.4, -0.2) is 16.4 Å². The number of hydrogen-bond donors (Lipinski definition) is 2. The van der Waals surface area contributed by atoms with Crippen LogP contribution in [0.2, 0.25) is 0 Å². The lowest BCUT2D eigenvalue weighted by Crippen LogP contribution is -2.23. The highest BCUT2D eigenvalue weighted by atomic mass is 15.3. The Hall–Kier alpha value is -3.73. The maximum Gasteiger partial charge on any atom is 0.0888 e. The first-order valence-corrected chi connectivity index (χ1v) is 10.2. The molecule has 5 heteroatoms. The van der Waals surface area contributed by atoms with Crippen LogP contribution in [0, 0.1) is 6.92 Å². The van der Waals surface area contributed by atoms with E-state index in [1.54, 1.807) is 6.20 Å². The van der Waals surface area contributed by atoms with E-state index in [4.69, 9.17) is 4.99 Å². The molecule has 2 aromatic rings. The van der Waals surface area contributed by atoms with Gasteiger partial charge in [-0.3, -0.25) is 15.4 Å². The molecule has 158 valence electrons. The molecule has 0 saturated heterocycles. The van der Waals surface area contributed by atoms with Gasteiger partial charge in [0.1, 0.15) is 0 Å². The number of hydrogen-bond acceptors (Lipinski definition) is 5. The number of hydrazone groups is 1. The van der Waals surface area contributed by atoms with E-state index in [0.717, 1.165) is 39.5 Å². The second kappa shape index (κ2) is 9.85. The summed E-state index contributed by atoms with van der Waals surface area (Å²) in [7, 11) is 0. The van der Waals surface area contributed by atoms with Crippen molar-refractivity contribution in [1.29, 1.82) is 0 Å². The molecule has 0 atom stereocenters. The molecule has 5 nitrogen and oxygen atoms in total. The Morgan fingerprint density at radius 1 is 1.13 bits per heavy atom. The Morgan fingerprint density at radius 3 is 2.55 bits per heavy atom. The molecule has 2 N–H and O–H groups in total. The zero-order chi connectivity index (χ0) is 22.4. The van der Waals surface area contributed by atoms with E-state index in [1.807, 2.05) is 45.2 Å². The summed E-state index contributed by atoms with van der Waals surface area (Å²) >= 11 is 0. The summed E-state index contributed by atoms with van der Waals surface area (Å²) in [5, 5.41) is 7.85. The van der Waals surface area contributed by atoms with Crippen molar-refractivity contribution < 1.29 is 0 Å². The van der Waals surface area contributed by atoms with E-state index < -0.39 is 0 Å². The number of pyridine rings is 1. The zero-order valence-corrected chi connectivity index (χ0v) is 18.7. The van der Waals surface area contributed by atoms with Gasteiger partial charge in [-0.1, -0.05) is 49.1 Å². The average molecular weight is 412 g/mol. The van der Waals surface area contributed by atoms with Crippen molar-refractivity contribution in [3.63, 3.8) is 0 Å². The number of nitrogens with zero attached hydrogens (tertiary/aromatic N) is 3. The predicted molar refractivity (Wildman–Crippen MR) is 130 cm³/mol. The summed E-state index contributed by atoms with van der Waals surface area (Å²) in [6.45, 7) is 17.0. The van der Waals surface area contributed by atoms with Crippen molar-refractivity contribution >= 4 is 11.4 Å². The van der Waals surface area contributed by atoms with Crippen LogP contribution in [-0.2, 0) is 6.54 Å². The van der Waals surface area contributed by atoms with E-state index in [-0.39, 0.29) is 0 Å². The quantitative estimate of drug-likeness (QED) is 0.616. The Bertz CT molecular complexity index is 1100. The summed E-state index contributed by atoms with van der Waals surface area (Å²) in [6, 6.07) is 12.4. The van der Waals surface area contributed by atoms with E-state index >= 15 is 0 Å². The number of aryl methyl sites for hydroxylation is 1. The molecule has 31 heavy (non-hydrogen) atoms. The van der Waals surface area contributed by atoms with Gasteiger partial charge >= 0.3 is 0 Å². The Labute approximate surface area is 184 Å². The predicted octanol–water partition coefficient (Wildman–Crippen LogP) is 5.20. The third kappa shape index (κ3) is 5.66. The molecule has 1 aliphatic heterocycles. The van der Waals surface area contributed by atoms with E-state index in [9.17, 15) is 0 Å². The standard InChI is InChI=1S/C26H29N5/c1-17-9-11-23(12-10-17)15-28-21(5)25-14-26(31-30-22(25)6)18(2)19(3)29-20(4)24-8-7-13-27-16-24/h7-14,16,28,30H,5-6,15H2,1-4H3/b19-18+,29-20?. The Kier molecular flexibility index (Phi) is 6.98. The van der Waals surface area contributed by atoms with Gasteiger partial charge in [0.25, 0.3) is 0 Å². The van der Waals surface area contributed by atoms with Gasteiger partial charge in [-0.05, 0) is 51.0 Å². The molecule has 0 amide bonds. The molecule has 0 unspecified atom stereocenters. The fraction of sp³-hybridized carbons (Fsp3) is 0.192. The normalized spacial score (nSPS) is 14.8. The lowest BCUT2D eigenvalue weighted by molar-refractivity contribution is 0.804. The molecule has 1 aromatic carbocycles. The van der Waals surface area contributed by atoms with Gasteiger partial charge in [0.05, 0.1) is 11.4 Å². The van der Waals surface area contributed by atoms with Crippen molar-refractivity contribution in [3.8, 4) is 0 Å². The first-order chi connectivity index (χ1) is 14.8. The van der Waals surface area contributed by atoms with Crippen molar-refractivity contribution in [2.75, 3.05) is 0 Å². The first-order valence-electron chi connectivity index (χ1n) is 10.2. The largest absolute Gasteiger partial charge is 0.381 e. The Morgan fingerprint density at radius 2 is 1.87 bits per heavy atom. The molecule has 0 fully saturated rings. The van der Waals surface area contributed by atoms with Gasteiger partial charge in [-0.2, -0.15) is 5.10 Å². The minimum Gasteiger partial charge on any atom is -0.381 e. The highest BCUT2D eigenvalue weighted by molar-refractivity contribution is 6.10. The van der Waals surface area contributed by atoms with Crippen LogP contribution in [0.15, 0.2) is 106 Å². The van der Waals surface area contributed by atoms with Crippen LogP contribution < -0.4 is 10.7 Å². The molecule has 1 aromatic heterocycles. The van der Waals surface area contributed by atoms with Crippen LogP contribution in [0.1, 0.15) is 37.5 Å². The van der Waals surface area contributed by atoms with Gasteiger partial charge < -0.3 is 5.32 Å². The highest BCUT2D eigenvalue weighted by Crippen LogP contribution is 2.21. The molecule has 1 aliphatic rings. The van der Waals surface area contributed by atoms with Crippen LogP contribution >= 0.6 is 0 Å². The molecule has 2 heterocycles. The molecular weight excluding hydrogens is 382 g/mol. The molecule has 0 aliphatic carbocycles. The number of nitrogens with one attached hydrogen (secondary N) is 2. The second-order valence-corrected chi connectivity index (χ2v) is 7.61. The number of allylic oxidation sites excluding steroid dienone is 3. The molecule has 0 spiro atoms. The first kappa shape index (κ1) is 22.0. The third-order valence-corrected chi connectivity index (χ3v) is 5.21. The average Bonchev–Trinajstić information content (AvgIpc) is 2.78. The van der Waals surface area contributed by atoms with E-state index in [1.165, 1.54) is 11.1 Å². The summed E-state index contributed by atoms with van der Waals surface area (Å²) < 4.78 is 0. The summed E-state index contributed by atoms with van der Waals surface area (Å²) in [6.07, 6.45) is 5.57. The minimum absolute atomic E-state index is 0.693. The van der Waals surface area contributed by atoms with Crippen LogP contribution in [0.5, 0.6) is 0 Å². The molecular formula is C26H29N5. The fourth-order valence-electron chi connectivity index (χ4n) is 3.08. The molecule has 0 bridgehead atoms. The lowest BCUT2D eigenvalue weighted by atomic mass is 10.0. The number of aromatic nitrogens is 1. The van der Waals surface area contributed by atoms with Gasteiger partial charge in [-0.25, -0.2) is 0 Å². The topological polar surface area (TPSA) is 61.7 Å². The maximum absolute atomic E-state index is 4.75. The number of rotatable bonds is 7. The zero-order valence-electron chi connectivity index (χ0n) is 18.7. The van der Waals surface area contributed by atoms with Crippen LogP contribution in [0.4, 0.5) is 0 Å². The maximum atomic E-state index is 4.75. The van der Waals surface area contributed by atoms with Crippen molar-refractivity contribution in [2.24, 2.45) is 10.1 Å². The minimum atomic E-state index is 0.693. The third-order valence-electron chi connectivity index (χ3n) is 5.21. The molecule has 0 radical (unpaired) electrons. The lowest BCUT2D eigenvalue weighted by Gasteiger charge is -2.20. The molecule has 0 saturated carbocycles. The van der Waals surface area contributed by atoms with E-state index in [0.29, 0.717) is 12.2 Å².